The molecule has 0 saturated carbocycles. The van der Waals surface area contributed by atoms with Crippen LogP contribution in [0.1, 0.15) is 34.0 Å². The molecule has 0 unspecified atom stereocenters. The third-order valence-corrected chi connectivity index (χ3v) is 6.84. The van der Waals surface area contributed by atoms with Gasteiger partial charge in [-0.15, -0.1) is 0 Å². The van der Waals surface area contributed by atoms with Crippen LogP contribution in [-0.4, -0.2) is 38.2 Å². The molecule has 0 aliphatic carbocycles. The first kappa shape index (κ1) is 25.9. The number of anilines is 1. The fourth-order valence-corrected chi connectivity index (χ4v) is 4.45. The Morgan fingerprint density at radius 3 is 2.23 bits per heavy atom. The molecule has 0 heterocycles. The predicted molar refractivity (Wildman–Crippen MR) is 133 cm³/mol. The van der Waals surface area contributed by atoms with Crippen LogP contribution in [-0.2, 0) is 21.4 Å². The van der Waals surface area contributed by atoms with E-state index in [0.29, 0.717) is 11.3 Å². The zero-order valence-electron chi connectivity index (χ0n) is 19.8. The van der Waals surface area contributed by atoms with Crippen LogP contribution >= 0.6 is 0 Å². The minimum atomic E-state index is -3.92. The molecule has 3 aromatic carbocycles. The highest BCUT2D eigenvalue weighted by atomic mass is 32.2. The van der Waals surface area contributed by atoms with Crippen LogP contribution in [0.15, 0.2) is 71.6 Å². The van der Waals surface area contributed by atoms with Crippen molar-refractivity contribution in [1.29, 1.82) is 0 Å². The summed E-state index contributed by atoms with van der Waals surface area (Å²) in [5, 5.41) is 2.71. The zero-order chi connectivity index (χ0) is 25.6. The van der Waals surface area contributed by atoms with E-state index in [1.807, 2.05) is 6.92 Å². The first-order valence-electron chi connectivity index (χ1n) is 11.1. The molecule has 3 aromatic rings. The van der Waals surface area contributed by atoms with Crippen molar-refractivity contribution in [2.24, 2.45) is 0 Å². The van der Waals surface area contributed by atoms with Crippen LogP contribution in [0.25, 0.3) is 0 Å². The number of benzene rings is 3. The van der Waals surface area contributed by atoms with Crippen LogP contribution < -0.4 is 10.0 Å². The molecule has 0 saturated heterocycles. The van der Waals surface area contributed by atoms with Crippen molar-refractivity contribution in [3.63, 3.8) is 0 Å². The lowest BCUT2D eigenvalue weighted by Crippen LogP contribution is -2.40. The van der Waals surface area contributed by atoms with Crippen LogP contribution in [0.4, 0.5) is 10.1 Å². The smallest absolute Gasteiger partial charge is 0.261 e. The number of hydrogen-bond donors (Lipinski definition) is 2. The molecule has 3 rings (SSSR count). The number of hydrogen-bond acceptors (Lipinski definition) is 4. The van der Waals surface area contributed by atoms with Gasteiger partial charge in [0.2, 0.25) is 5.91 Å². The number of nitrogens with one attached hydrogen (secondary N) is 2. The third-order valence-electron chi connectivity index (χ3n) is 5.46. The summed E-state index contributed by atoms with van der Waals surface area (Å²) in [4.78, 5) is 26.9. The lowest BCUT2D eigenvalue weighted by molar-refractivity contribution is -0.121. The van der Waals surface area contributed by atoms with Crippen LogP contribution in [0, 0.1) is 19.7 Å². The second-order valence-corrected chi connectivity index (χ2v) is 9.85. The van der Waals surface area contributed by atoms with E-state index < -0.39 is 15.9 Å². The quantitative estimate of drug-likeness (QED) is 0.467. The van der Waals surface area contributed by atoms with E-state index in [-0.39, 0.29) is 41.8 Å². The van der Waals surface area contributed by atoms with E-state index >= 15 is 0 Å². The zero-order valence-corrected chi connectivity index (χ0v) is 20.7. The minimum absolute atomic E-state index is 0.0520. The Labute approximate surface area is 205 Å². The molecule has 7 nitrogen and oxygen atoms in total. The monoisotopic (exact) mass is 497 g/mol. The van der Waals surface area contributed by atoms with Crippen molar-refractivity contribution < 1.29 is 22.4 Å². The Morgan fingerprint density at radius 2 is 1.60 bits per heavy atom. The third kappa shape index (κ3) is 6.89. The minimum Gasteiger partial charge on any atom is -0.350 e. The van der Waals surface area contributed by atoms with Crippen molar-refractivity contribution in [2.75, 3.05) is 17.8 Å². The molecular weight excluding hydrogens is 469 g/mol. The number of sulfonamides is 1. The fourth-order valence-electron chi connectivity index (χ4n) is 3.36. The second kappa shape index (κ2) is 11.1. The molecule has 0 aromatic heterocycles. The Morgan fingerprint density at radius 1 is 0.943 bits per heavy atom. The van der Waals surface area contributed by atoms with E-state index in [4.69, 9.17) is 0 Å². The average molecular weight is 498 g/mol. The summed E-state index contributed by atoms with van der Waals surface area (Å²) in [7, 11) is -3.92. The topological polar surface area (TPSA) is 95.6 Å². The standard InChI is InChI=1S/C26H28FN3O4S/c1-4-30(17-25(31)28-16-20-8-10-21(27)11-9-20)26(32)24-15-23(14-7-19(24)3)35(33,34)29-22-12-5-18(2)6-13-22/h5-15,29H,4,16-17H2,1-3H3,(H,28,31). The van der Waals surface area contributed by atoms with E-state index in [9.17, 15) is 22.4 Å². The summed E-state index contributed by atoms with van der Waals surface area (Å²) < 4.78 is 41.4. The van der Waals surface area contributed by atoms with Gasteiger partial charge in [0.1, 0.15) is 5.82 Å². The normalized spacial score (nSPS) is 11.1. The molecule has 0 fully saturated rings. The second-order valence-electron chi connectivity index (χ2n) is 8.17. The van der Waals surface area contributed by atoms with Crippen LogP contribution in [0.3, 0.4) is 0 Å². The number of amides is 2. The van der Waals surface area contributed by atoms with Crippen molar-refractivity contribution in [2.45, 2.75) is 32.2 Å². The first-order valence-corrected chi connectivity index (χ1v) is 12.6. The number of likely N-dealkylation sites (N-methyl/N-ethyl adjacent to an activating group) is 1. The number of rotatable bonds is 9. The first-order chi connectivity index (χ1) is 16.6. The Bertz CT molecular complexity index is 1310. The van der Waals surface area contributed by atoms with Gasteiger partial charge in [0.15, 0.2) is 0 Å². The Hall–Kier alpha value is -3.72. The van der Waals surface area contributed by atoms with Crippen molar-refractivity contribution in [3.05, 3.63) is 94.8 Å². The molecule has 0 aliphatic heterocycles. The Balaban J connectivity index is 1.72. The molecule has 0 atom stereocenters. The summed E-state index contributed by atoms with van der Waals surface area (Å²) >= 11 is 0. The summed E-state index contributed by atoms with van der Waals surface area (Å²) in [6, 6.07) is 17.0. The van der Waals surface area contributed by atoms with Crippen LogP contribution in [0.5, 0.6) is 0 Å². The van der Waals surface area contributed by atoms with Crippen molar-refractivity contribution in [1.82, 2.24) is 10.2 Å². The van der Waals surface area contributed by atoms with E-state index in [2.05, 4.69) is 10.0 Å². The molecule has 9 heteroatoms. The molecule has 35 heavy (non-hydrogen) atoms. The SMILES string of the molecule is CCN(CC(=O)NCc1ccc(F)cc1)C(=O)c1cc(S(=O)(=O)Nc2ccc(C)cc2)ccc1C. The van der Waals surface area contributed by atoms with Crippen molar-refractivity contribution in [3.8, 4) is 0 Å². The maximum absolute atomic E-state index is 13.2. The molecule has 0 radical (unpaired) electrons. The summed E-state index contributed by atoms with van der Waals surface area (Å²) in [5.74, 6) is -1.20. The highest BCUT2D eigenvalue weighted by molar-refractivity contribution is 7.92. The van der Waals surface area contributed by atoms with Gasteiger partial charge in [-0.1, -0.05) is 35.9 Å². The van der Waals surface area contributed by atoms with Gasteiger partial charge in [-0.05, 0) is 68.3 Å². The van der Waals surface area contributed by atoms with Crippen molar-refractivity contribution >= 4 is 27.5 Å². The average Bonchev–Trinajstić information content (AvgIpc) is 2.83. The highest BCUT2D eigenvalue weighted by Gasteiger charge is 2.22. The van der Waals surface area contributed by atoms with Gasteiger partial charge in [-0.3, -0.25) is 14.3 Å². The maximum atomic E-state index is 13.2. The molecule has 0 aliphatic rings. The molecule has 184 valence electrons. The number of nitrogens with zero attached hydrogens (tertiary/aromatic N) is 1. The number of aryl methyl sites for hydroxylation is 2. The lowest BCUT2D eigenvalue weighted by atomic mass is 10.1. The van der Waals surface area contributed by atoms with Gasteiger partial charge in [0.05, 0.1) is 11.4 Å². The van der Waals surface area contributed by atoms with Gasteiger partial charge in [-0.2, -0.15) is 0 Å². The fraction of sp³-hybridized carbons (Fsp3) is 0.231. The number of halogens is 1. The summed E-state index contributed by atoms with van der Waals surface area (Å²) in [6.45, 7) is 5.59. The van der Waals surface area contributed by atoms with Gasteiger partial charge >= 0.3 is 0 Å². The summed E-state index contributed by atoms with van der Waals surface area (Å²) in [6.07, 6.45) is 0. The highest BCUT2D eigenvalue weighted by Crippen LogP contribution is 2.21. The van der Waals surface area contributed by atoms with Crippen LogP contribution in [0.2, 0.25) is 0 Å². The van der Waals surface area contributed by atoms with Gasteiger partial charge in [0.25, 0.3) is 15.9 Å². The molecular formula is C26H28FN3O4S. The lowest BCUT2D eigenvalue weighted by Gasteiger charge is -2.22. The van der Waals surface area contributed by atoms with Gasteiger partial charge in [-0.25, -0.2) is 12.8 Å². The summed E-state index contributed by atoms with van der Waals surface area (Å²) in [5.41, 5.74) is 2.93. The van der Waals surface area contributed by atoms with E-state index in [1.165, 1.54) is 29.2 Å². The van der Waals surface area contributed by atoms with Gasteiger partial charge in [0, 0.05) is 24.3 Å². The molecule has 0 spiro atoms. The van der Waals surface area contributed by atoms with Gasteiger partial charge < -0.3 is 10.2 Å². The Kier molecular flexibility index (Phi) is 8.24. The largest absolute Gasteiger partial charge is 0.350 e. The predicted octanol–water partition coefficient (Wildman–Crippen LogP) is 4.02. The van der Waals surface area contributed by atoms with E-state index in [1.54, 1.807) is 56.3 Å². The maximum Gasteiger partial charge on any atom is 0.261 e. The number of carbonyl (C=O) groups excluding carboxylic acids is 2. The molecule has 2 amide bonds. The van der Waals surface area contributed by atoms with E-state index in [0.717, 1.165) is 11.1 Å². The molecule has 0 bridgehead atoms. The number of carbonyl (C=O) groups is 2. The molecule has 2 N–H and O–H groups in total.